The van der Waals surface area contributed by atoms with E-state index in [2.05, 4.69) is 15.5 Å². The van der Waals surface area contributed by atoms with E-state index in [0.29, 0.717) is 34.9 Å². The van der Waals surface area contributed by atoms with E-state index in [4.69, 9.17) is 0 Å². The van der Waals surface area contributed by atoms with Gasteiger partial charge in [-0.2, -0.15) is 9.40 Å². The number of H-pyrrole nitrogens is 1. The predicted octanol–water partition coefficient (Wildman–Crippen LogP) is 1.32. The minimum Gasteiger partial charge on any atom is -0.311 e. The average molecular weight is 312 g/mol. The van der Waals surface area contributed by atoms with E-state index in [-0.39, 0.29) is 6.04 Å². The van der Waals surface area contributed by atoms with Gasteiger partial charge in [0.15, 0.2) is 0 Å². The van der Waals surface area contributed by atoms with Gasteiger partial charge in [-0.25, -0.2) is 8.42 Å². The van der Waals surface area contributed by atoms with Crippen LogP contribution in [0.3, 0.4) is 0 Å². The summed E-state index contributed by atoms with van der Waals surface area (Å²) in [6.07, 6.45) is 4.17. The van der Waals surface area contributed by atoms with Crippen molar-refractivity contribution in [3.8, 4) is 0 Å². The molecule has 0 spiro atoms. The maximum atomic E-state index is 13.0. The van der Waals surface area contributed by atoms with Crippen LogP contribution in [0.15, 0.2) is 4.90 Å². The Labute approximate surface area is 126 Å². The molecule has 2 N–H and O–H groups in total. The quantitative estimate of drug-likeness (QED) is 0.879. The highest BCUT2D eigenvalue weighted by Gasteiger charge is 2.41. The Morgan fingerprint density at radius 1 is 1.24 bits per heavy atom. The van der Waals surface area contributed by atoms with Gasteiger partial charge in [0.2, 0.25) is 10.0 Å². The molecule has 2 aliphatic heterocycles. The standard InChI is InChI=1S/C14H24N4O2S/c1-4-18(13-7-11-5-6-12(8-13)15-11)21(19,20)14-9(2)16-17-10(14)3/h11-13,15H,4-8H2,1-3H3,(H,16,17). The van der Waals surface area contributed by atoms with Crippen molar-refractivity contribution >= 4 is 10.0 Å². The van der Waals surface area contributed by atoms with Crippen molar-refractivity contribution in [2.75, 3.05) is 6.54 Å². The second-order valence-electron chi connectivity index (χ2n) is 6.23. The van der Waals surface area contributed by atoms with Gasteiger partial charge in [-0.3, -0.25) is 5.10 Å². The van der Waals surface area contributed by atoms with E-state index in [1.165, 1.54) is 12.8 Å². The molecule has 1 aromatic rings. The minimum atomic E-state index is -3.48. The number of hydrogen-bond donors (Lipinski definition) is 2. The lowest BCUT2D eigenvalue weighted by Gasteiger charge is -2.36. The smallest absolute Gasteiger partial charge is 0.246 e. The van der Waals surface area contributed by atoms with E-state index in [9.17, 15) is 8.42 Å². The van der Waals surface area contributed by atoms with Crippen molar-refractivity contribution in [2.45, 2.75) is 69.5 Å². The van der Waals surface area contributed by atoms with Gasteiger partial charge in [0.1, 0.15) is 4.90 Å². The van der Waals surface area contributed by atoms with Gasteiger partial charge in [-0.05, 0) is 39.5 Å². The largest absolute Gasteiger partial charge is 0.311 e. The Morgan fingerprint density at radius 3 is 2.33 bits per heavy atom. The number of rotatable bonds is 4. The van der Waals surface area contributed by atoms with Gasteiger partial charge in [0.05, 0.1) is 11.4 Å². The summed E-state index contributed by atoms with van der Waals surface area (Å²) in [6.45, 7) is 5.95. The van der Waals surface area contributed by atoms with Crippen LogP contribution in [0.2, 0.25) is 0 Å². The fraction of sp³-hybridized carbons (Fsp3) is 0.786. The van der Waals surface area contributed by atoms with Gasteiger partial charge in [-0.1, -0.05) is 6.92 Å². The molecule has 1 aromatic heterocycles. The molecule has 6 nitrogen and oxygen atoms in total. The van der Waals surface area contributed by atoms with Crippen LogP contribution < -0.4 is 5.32 Å². The molecule has 2 fully saturated rings. The van der Waals surface area contributed by atoms with Crippen molar-refractivity contribution in [3.63, 3.8) is 0 Å². The highest BCUT2D eigenvalue weighted by atomic mass is 32.2. The number of aryl methyl sites for hydroxylation is 2. The maximum Gasteiger partial charge on any atom is 0.246 e. The van der Waals surface area contributed by atoms with Crippen LogP contribution in [-0.4, -0.2) is 47.6 Å². The van der Waals surface area contributed by atoms with E-state index >= 15 is 0 Å². The maximum absolute atomic E-state index is 13.0. The van der Waals surface area contributed by atoms with Crippen molar-refractivity contribution < 1.29 is 8.42 Å². The number of fused-ring (bicyclic) bond motifs is 2. The summed E-state index contributed by atoms with van der Waals surface area (Å²) in [5, 5.41) is 10.4. The minimum absolute atomic E-state index is 0.104. The molecule has 2 atom stereocenters. The van der Waals surface area contributed by atoms with Crippen LogP contribution in [0.25, 0.3) is 0 Å². The van der Waals surface area contributed by atoms with Gasteiger partial charge in [0, 0.05) is 24.7 Å². The molecule has 0 radical (unpaired) electrons. The van der Waals surface area contributed by atoms with Gasteiger partial charge in [0.25, 0.3) is 0 Å². The Hall–Kier alpha value is -0.920. The van der Waals surface area contributed by atoms with E-state index in [1.54, 1.807) is 18.2 Å². The van der Waals surface area contributed by atoms with Crippen molar-refractivity contribution in [3.05, 3.63) is 11.4 Å². The summed E-state index contributed by atoms with van der Waals surface area (Å²) in [5.41, 5.74) is 1.19. The Kier molecular flexibility index (Phi) is 3.83. The Balaban J connectivity index is 1.92. The third kappa shape index (κ3) is 2.51. The first-order valence-electron chi connectivity index (χ1n) is 7.73. The number of aromatic nitrogens is 2. The van der Waals surface area contributed by atoms with Crippen LogP contribution in [-0.2, 0) is 10.0 Å². The number of aromatic amines is 1. The molecule has 118 valence electrons. The molecule has 21 heavy (non-hydrogen) atoms. The number of nitrogens with one attached hydrogen (secondary N) is 2. The molecule has 2 aliphatic rings. The lowest BCUT2D eigenvalue weighted by atomic mass is 10.00. The van der Waals surface area contributed by atoms with Crippen molar-refractivity contribution in [2.24, 2.45) is 0 Å². The fourth-order valence-corrected chi connectivity index (χ4v) is 5.92. The monoisotopic (exact) mass is 312 g/mol. The molecule has 7 heteroatoms. The molecular weight excluding hydrogens is 288 g/mol. The second kappa shape index (κ2) is 5.37. The molecule has 2 bridgehead atoms. The summed E-state index contributed by atoms with van der Waals surface area (Å²) in [5.74, 6) is 0. The zero-order chi connectivity index (χ0) is 15.2. The first-order valence-corrected chi connectivity index (χ1v) is 9.17. The van der Waals surface area contributed by atoms with Crippen molar-refractivity contribution in [1.82, 2.24) is 19.8 Å². The normalized spacial score (nSPS) is 29.2. The number of nitrogens with zero attached hydrogens (tertiary/aromatic N) is 2. The number of hydrogen-bond acceptors (Lipinski definition) is 4. The van der Waals surface area contributed by atoms with Gasteiger partial charge >= 0.3 is 0 Å². The highest BCUT2D eigenvalue weighted by Crippen LogP contribution is 2.33. The first-order chi connectivity index (χ1) is 9.93. The molecule has 0 amide bonds. The fourth-order valence-electron chi connectivity index (χ4n) is 3.92. The SMILES string of the molecule is CCN(C1CC2CCC(C1)N2)S(=O)(=O)c1c(C)n[nH]c1C. The Bertz CT molecular complexity index is 593. The molecule has 2 unspecified atom stereocenters. The van der Waals surface area contributed by atoms with Crippen LogP contribution in [0.1, 0.15) is 44.0 Å². The predicted molar refractivity (Wildman–Crippen MR) is 80.6 cm³/mol. The van der Waals surface area contributed by atoms with E-state index in [1.807, 2.05) is 6.92 Å². The molecule has 3 heterocycles. The van der Waals surface area contributed by atoms with Gasteiger partial charge in [-0.15, -0.1) is 0 Å². The molecule has 3 rings (SSSR count). The lowest BCUT2D eigenvalue weighted by molar-refractivity contribution is 0.232. The third-order valence-corrected chi connectivity index (χ3v) is 7.09. The lowest BCUT2D eigenvalue weighted by Crippen LogP contribution is -2.50. The molecule has 0 aliphatic carbocycles. The molecule has 0 saturated carbocycles. The average Bonchev–Trinajstić information content (AvgIpc) is 2.93. The van der Waals surface area contributed by atoms with Gasteiger partial charge < -0.3 is 5.32 Å². The summed E-state index contributed by atoms with van der Waals surface area (Å²) < 4.78 is 27.8. The topological polar surface area (TPSA) is 78.1 Å². The van der Waals surface area contributed by atoms with Crippen molar-refractivity contribution in [1.29, 1.82) is 0 Å². The molecule has 0 aromatic carbocycles. The summed E-state index contributed by atoms with van der Waals surface area (Å²) in [4.78, 5) is 0.357. The number of piperidine rings is 1. The molecular formula is C14H24N4O2S. The summed E-state index contributed by atoms with van der Waals surface area (Å²) >= 11 is 0. The third-order valence-electron chi connectivity index (χ3n) is 4.79. The summed E-state index contributed by atoms with van der Waals surface area (Å²) in [7, 11) is -3.48. The first kappa shape index (κ1) is 15.0. The van der Waals surface area contributed by atoms with E-state index in [0.717, 1.165) is 12.8 Å². The van der Waals surface area contributed by atoms with E-state index < -0.39 is 10.0 Å². The summed E-state index contributed by atoms with van der Waals surface area (Å²) in [6, 6.07) is 1.06. The zero-order valence-electron chi connectivity index (χ0n) is 12.9. The zero-order valence-corrected chi connectivity index (χ0v) is 13.7. The second-order valence-corrected chi connectivity index (χ2v) is 8.06. The van der Waals surface area contributed by atoms with Crippen LogP contribution in [0.4, 0.5) is 0 Å². The Morgan fingerprint density at radius 2 is 1.86 bits per heavy atom. The highest BCUT2D eigenvalue weighted by molar-refractivity contribution is 7.89. The number of sulfonamides is 1. The van der Waals surface area contributed by atoms with Crippen LogP contribution in [0, 0.1) is 13.8 Å². The van der Waals surface area contributed by atoms with Crippen LogP contribution >= 0.6 is 0 Å². The van der Waals surface area contributed by atoms with Crippen LogP contribution in [0.5, 0.6) is 0 Å². The molecule has 2 saturated heterocycles.